The summed E-state index contributed by atoms with van der Waals surface area (Å²) in [5.74, 6) is 0.783. The van der Waals surface area contributed by atoms with E-state index in [2.05, 4.69) is 11.9 Å². The number of rotatable bonds is 4. The van der Waals surface area contributed by atoms with Gasteiger partial charge >= 0.3 is 0 Å². The zero-order valence-electron chi connectivity index (χ0n) is 13.6. The van der Waals surface area contributed by atoms with E-state index < -0.39 is 0 Å². The van der Waals surface area contributed by atoms with Gasteiger partial charge in [0.1, 0.15) is 16.0 Å². The smallest absolute Gasteiger partial charge is 0.266 e. The highest BCUT2D eigenvalue weighted by atomic mass is 32.1. The lowest BCUT2D eigenvalue weighted by molar-refractivity contribution is 0.485. The van der Waals surface area contributed by atoms with Crippen LogP contribution in [0.1, 0.15) is 45.5 Å². The highest BCUT2D eigenvalue weighted by molar-refractivity contribution is 7.24. The maximum atomic E-state index is 13.0. The molecule has 0 unspecified atom stereocenters. The Labute approximate surface area is 138 Å². The summed E-state index contributed by atoms with van der Waals surface area (Å²) in [5.41, 5.74) is -0.397. The van der Waals surface area contributed by atoms with Crippen LogP contribution in [0, 0.1) is 0 Å². The Hall–Kier alpha value is -2.01. The number of aromatic nitrogens is 2. The van der Waals surface area contributed by atoms with Gasteiger partial charge in [0.25, 0.3) is 5.56 Å². The van der Waals surface area contributed by atoms with Gasteiger partial charge in [-0.1, -0.05) is 26.0 Å². The Morgan fingerprint density at radius 2 is 1.96 bits per heavy atom. The van der Waals surface area contributed by atoms with Crippen LogP contribution < -0.4 is 11.0 Å². The second-order valence-electron chi connectivity index (χ2n) is 5.82. The van der Waals surface area contributed by atoms with Gasteiger partial charge in [-0.3, -0.25) is 14.2 Å². The minimum atomic E-state index is -0.202. The second kappa shape index (κ2) is 6.24. The molecule has 0 saturated heterocycles. The fourth-order valence-electron chi connectivity index (χ4n) is 2.84. The molecule has 0 amide bonds. The van der Waals surface area contributed by atoms with E-state index in [-0.39, 0.29) is 22.4 Å². The predicted octanol–water partition coefficient (Wildman–Crippen LogP) is 3.89. The first-order valence-corrected chi connectivity index (χ1v) is 8.87. The van der Waals surface area contributed by atoms with E-state index in [4.69, 9.17) is 0 Å². The molecule has 2 aromatic heterocycles. The van der Waals surface area contributed by atoms with Crippen LogP contribution in [0.15, 0.2) is 33.9 Å². The van der Waals surface area contributed by atoms with Crippen LogP contribution in [0.25, 0.3) is 20.3 Å². The van der Waals surface area contributed by atoms with E-state index >= 15 is 0 Å². The minimum absolute atomic E-state index is 0.0387. The van der Waals surface area contributed by atoms with Crippen molar-refractivity contribution in [1.29, 1.82) is 0 Å². The fraction of sp³-hybridized carbons (Fsp3) is 0.389. The summed E-state index contributed by atoms with van der Waals surface area (Å²) in [6.45, 7) is 6.11. The van der Waals surface area contributed by atoms with Gasteiger partial charge in [-0.15, -0.1) is 11.3 Å². The van der Waals surface area contributed by atoms with Gasteiger partial charge in [0.05, 0.1) is 0 Å². The van der Waals surface area contributed by atoms with Crippen molar-refractivity contribution in [3.05, 3.63) is 50.7 Å². The van der Waals surface area contributed by atoms with E-state index in [0.29, 0.717) is 10.2 Å². The maximum absolute atomic E-state index is 13.0. The van der Waals surface area contributed by atoms with Crippen molar-refractivity contribution in [2.45, 2.75) is 46.1 Å². The Morgan fingerprint density at radius 1 is 1.22 bits per heavy atom. The minimum Gasteiger partial charge on any atom is -0.293 e. The van der Waals surface area contributed by atoms with Gasteiger partial charge in [0.2, 0.25) is 5.43 Å². The van der Waals surface area contributed by atoms with Crippen LogP contribution in [0.3, 0.4) is 0 Å². The lowest BCUT2D eigenvalue weighted by atomic mass is 10.2. The largest absolute Gasteiger partial charge is 0.293 e. The summed E-state index contributed by atoms with van der Waals surface area (Å²) >= 11 is 1.42. The molecule has 3 aromatic rings. The third-order valence-electron chi connectivity index (χ3n) is 4.23. The van der Waals surface area contributed by atoms with Gasteiger partial charge in [-0.25, -0.2) is 4.98 Å². The highest BCUT2D eigenvalue weighted by Crippen LogP contribution is 2.23. The molecule has 23 heavy (non-hydrogen) atoms. The number of hydrogen-bond acceptors (Lipinski definition) is 4. The highest BCUT2D eigenvalue weighted by Gasteiger charge is 2.18. The fourth-order valence-corrected chi connectivity index (χ4v) is 3.90. The molecule has 0 aliphatic carbocycles. The lowest BCUT2D eigenvalue weighted by Crippen LogP contribution is -2.30. The van der Waals surface area contributed by atoms with E-state index in [1.54, 1.807) is 10.6 Å². The molecule has 0 bridgehead atoms. The van der Waals surface area contributed by atoms with Crippen LogP contribution in [-0.4, -0.2) is 9.55 Å². The van der Waals surface area contributed by atoms with Gasteiger partial charge in [0.15, 0.2) is 0 Å². The molecule has 2 heterocycles. The summed E-state index contributed by atoms with van der Waals surface area (Å²) in [6.07, 6.45) is 2.48. The van der Waals surface area contributed by atoms with E-state index in [1.165, 1.54) is 11.3 Å². The average molecular weight is 328 g/mol. The topological polar surface area (TPSA) is 52.0 Å². The monoisotopic (exact) mass is 328 g/mol. The number of nitrogens with zero attached hydrogens (tertiary/aromatic N) is 2. The van der Waals surface area contributed by atoms with Crippen molar-refractivity contribution in [3.63, 3.8) is 0 Å². The lowest BCUT2D eigenvalue weighted by Gasteiger charge is -2.18. The standard InChI is InChI=1S/C18H20N2O2S/c1-4-8-14-19-17-15(18(22)20(14)11(3)5-2)16(21)12-9-6-7-10-13(12)23-17/h6-7,9-11H,4-5,8H2,1-3H3/t11-/m1/s1. The Morgan fingerprint density at radius 3 is 2.65 bits per heavy atom. The number of benzene rings is 1. The maximum Gasteiger partial charge on any atom is 0.266 e. The summed E-state index contributed by atoms with van der Waals surface area (Å²) < 4.78 is 2.59. The molecule has 0 aliphatic heterocycles. The first-order valence-electron chi connectivity index (χ1n) is 8.05. The molecule has 3 rings (SSSR count). The SMILES string of the molecule is CCCc1nc2sc3ccccc3c(=O)c2c(=O)n1[C@H](C)CC. The molecule has 0 N–H and O–H groups in total. The Bertz CT molecular complexity index is 988. The van der Waals surface area contributed by atoms with E-state index in [9.17, 15) is 9.59 Å². The van der Waals surface area contributed by atoms with Gasteiger partial charge in [-0.05, 0) is 31.9 Å². The van der Waals surface area contributed by atoms with Crippen LogP contribution in [0.5, 0.6) is 0 Å². The first kappa shape index (κ1) is 15.9. The Kier molecular flexibility index (Phi) is 4.31. The summed E-state index contributed by atoms with van der Waals surface area (Å²) in [6, 6.07) is 7.45. The molecular formula is C18H20N2O2S. The molecule has 0 radical (unpaired) electrons. The molecule has 0 saturated carbocycles. The van der Waals surface area contributed by atoms with Crippen molar-refractivity contribution in [1.82, 2.24) is 9.55 Å². The number of aryl methyl sites for hydroxylation is 1. The average Bonchev–Trinajstić information content (AvgIpc) is 2.54. The van der Waals surface area contributed by atoms with Crippen molar-refractivity contribution in [2.75, 3.05) is 0 Å². The molecule has 5 heteroatoms. The number of hydrogen-bond donors (Lipinski definition) is 0. The Balaban J connectivity index is 2.49. The summed E-state index contributed by atoms with van der Waals surface area (Å²) in [5, 5.41) is 0.830. The predicted molar refractivity (Wildman–Crippen MR) is 96.7 cm³/mol. The van der Waals surface area contributed by atoms with E-state index in [0.717, 1.165) is 29.8 Å². The molecule has 1 aromatic carbocycles. The van der Waals surface area contributed by atoms with Crippen LogP contribution in [-0.2, 0) is 6.42 Å². The molecule has 4 nitrogen and oxygen atoms in total. The second-order valence-corrected chi connectivity index (χ2v) is 6.85. The third kappa shape index (κ3) is 2.59. The first-order chi connectivity index (χ1) is 11.1. The zero-order valence-corrected chi connectivity index (χ0v) is 14.4. The van der Waals surface area contributed by atoms with Crippen molar-refractivity contribution in [2.24, 2.45) is 0 Å². The quantitative estimate of drug-likeness (QED) is 0.683. The molecule has 0 fully saturated rings. The molecule has 120 valence electrons. The molecular weight excluding hydrogens is 308 g/mol. The van der Waals surface area contributed by atoms with E-state index in [1.807, 2.05) is 32.0 Å². The van der Waals surface area contributed by atoms with Crippen molar-refractivity contribution in [3.8, 4) is 0 Å². The van der Waals surface area contributed by atoms with Crippen LogP contribution in [0.2, 0.25) is 0 Å². The summed E-state index contributed by atoms with van der Waals surface area (Å²) in [4.78, 5) is 31.1. The number of fused-ring (bicyclic) bond motifs is 2. The normalized spacial score (nSPS) is 12.8. The van der Waals surface area contributed by atoms with Gasteiger partial charge in [-0.2, -0.15) is 0 Å². The van der Waals surface area contributed by atoms with Gasteiger partial charge in [0, 0.05) is 22.5 Å². The van der Waals surface area contributed by atoms with Crippen molar-refractivity contribution >= 4 is 31.6 Å². The van der Waals surface area contributed by atoms with Crippen LogP contribution in [0.4, 0.5) is 0 Å². The van der Waals surface area contributed by atoms with Gasteiger partial charge < -0.3 is 0 Å². The zero-order chi connectivity index (χ0) is 16.6. The molecule has 1 atom stereocenters. The molecule has 0 spiro atoms. The summed E-state index contributed by atoms with van der Waals surface area (Å²) in [7, 11) is 0. The molecule has 0 aliphatic rings. The van der Waals surface area contributed by atoms with Crippen LogP contribution >= 0.6 is 11.3 Å². The van der Waals surface area contributed by atoms with Crippen molar-refractivity contribution < 1.29 is 0 Å². The third-order valence-corrected chi connectivity index (χ3v) is 5.29.